The van der Waals surface area contributed by atoms with Crippen molar-refractivity contribution in [2.45, 2.75) is 32.2 Å². The molecule has 116 valence electrons. The van der Waals surface area contributed by atoms with Crippen LogP contribution in [-0.4, -0.2) is 41.4 Å². The predicted molar refractivity (Wildman–Crippen MR) is 68.4 cm³/mol. The van der Waals surface area contributed by atoms with Gasteiger partial charge in [0.2, 0.25) is 0 Å². The van der Waals surface area contributed by atoms with Crippen molar-refractivity contribution >= 4 is 11.8 Å². The monoisotopic (exact) mass is 304 g/mol. The highest BCUT2D eigenvalue weighted by Crippen LogP contribution is 2.31. The molecule has 8 heteroatoms. The molecule has 0 radical (unpaired) electrons. The Morgan fingerprint density at radius 1 is 1.33 bits per heavy atom. The zero-order valence-electron chi connectivity index (χ0n) is 11.5. The molecule has 2 heterocycles. The number of rotatable bonds is 2. The fraction of sp³-hybridized carbons (Fsp3) is 0.538. The minimum atomic E-state index is -4.62. The van der Waals surface area contributed by atoms with Crippen molar-refractivity contribution < 1.29 is 27.8 Å². The van der Waals surface area contributed by atoms with Crippen molar-refractivity contribution in [3.05, 3.63) is 23.4 Å². The van der Waals surface area contributed by atoms with Crippen molar-refractivity contribution in [2.24, 2.45) is 0 Å². The van der Waals surface area contributed by atoms with E-state index in [9.17, 15) is 18.0 Å². The third kappa shape index (κ3) is 3.44. The molecule has 2 atom stereocenters. The normalized spacial score (nSPS) is 23.2. The molecule has 0 aliphatic carbocycles. The summed E-state index contributed by atoms with van der Waals surface area (Å²) < 4.78 is 43.8. The second kappa shape index (κ2) is 5.51. The lowest BCUT2D eigenvalue weighted by atomic mass is 10.1. The third-order valence-corrected chi connectivity index (χ3v) is 3.12. The fourth-order valence-corrected chi connectivity index (χ4v) is 2.37. The van der Waals surface area contributed by atoms with Crippen molar-refractivity contribution in [1.29, 1.82) is 0 Å². The first-order chi connectivity index (χ1) is 9.68. The van der Waals surface area contributed by atoms with Crippen LogP contribution >= 0.6 is 0 Å². The van der Waals surface area contributed by atoms with Gasteiger partial charge < -0.3 is 14.7 Å². The summed E-state index contributed by atoms with van der Waals surface area (Å²) in [7, 11) is 0. The van der Waals surface area contributed by atoms with E-state index < -0.39 is 17.8 Å². The molecule has 1 fully saturated rings. The number of pyridine rings is 1. The summed E-state index contributed by atoms with van der Waals surface area (Å²) in [5, 5.41) is 9.14. The Morgan fingerprint density at radius 3 is 2.38 bits per heavy atom. The lowest BCUT2D eigenvalue weighted by molar-refractivity contribution is -0.141. The molecule has 0 bridgehead atoms. The molecule has 0 saturated carbocycles. The molecule has 21 heavy (non-hydrogen) atoms. The number of aromatic carboxylic acids is 1. The lowest BCUT2D eigenvalue weighted by Gasteiger charge is -2.36. The number of morpholine rings is 1. The minimum Gasteiger partial charge on any atom is -0.478 e. The second-order valence-corrected chi connectivity index (χ2v) is 5.03. The molecular weight excluding hydrogens is 289 g/mol. The average Bonchev–Trinajstić information content (AvgIpc) is 2.35. The number of nitrogens with zero attached hydrogens (tertiary/aromatic N) is 2. The topological polar surface area (TPSA) is 62.7 Å². The fourth-order valence-electron chi connectivity index (χ4n) is 2.37. The first-order valence-corrected chi connectivity index (χ1v) is 6.40. The van der Waals surface area contributed by atoms with Gasteiger partial charge in [-0.15, -0.1) is 0 Å². The van der Waals surface area contributed by atoms with Gasteiger partial charge in [-0.2, -0.15) is 13.2 Å². The number of alkyl halides is 3. The number of anilines is 1. The van der Waals surface area contributed by atoms with Gasteiger partial charge in [-0.1, -0.05) is 0 Å². The van der Waals surface area contributed by atoms with E-state index in [1.54, 1.807) is 13.8 Å². The highest BCUT2D eigenvalue weighted by atomic mass is 19.4. The van der Waals surface area contributed by atoms with Gasteiger partial charge in [-0.05, 0) is 26.0 Å². The summed E-state index contributed by atoms with van der Waals surface area (Å²) in [6.45, 7) is 4.13. The van der Waals surface area contributed by atoms with Crippen LogP contribution < -0.4 is 4.90 Å². The van der Waals surface area contributed by atoms with E-state index in [1.165, 1.54) is 4.90 Å². The van der Waals surface area contributed by atoms with Crippen molar-refractivity contribution in [3.63, 3.8) is 0 Å². The quantitative estimate of drug-likeness (QED) is 0.909. The standard InChI is InChI=1S/C13H15F3N2O3/c1-7-5-18(6-8(2)21-7)11-9(12(19)20)3-4-10(17-11)13(14,15)16/h3-4,7-8H,5-6H2,1-2H3,(H,19,20). The second-order valence-electron chi connectivity index (χ2n) is 5.03. The van der Waals surface area contributed by atoms with Gasteiger partial charge in [0.15, 0.2) is 0 Å². The van der Waals surface area contributed by atoms with Crippen LogP contribution in [0.4, 0.5) is 19.0 Å². The van der Waals surface area contributed by atoms with Gasteiger partial charge in [0.1, 0.15) is 17.1 Å². The lowest BCUT2D eigenvalue weighted by Crippen LogP contribution is -2.46. The van der Waals surface area contributed by atoms with Crippen LogP contribution in [0.1, 0.15) is 29.9 Å². The van der Waals surface area contributed by atoms with Crippen molar-refractivity contribution in [2.75, 3.05) is 18.0 Å². The molecule has 0 aromatic carbocycles. The van der Waals surface area contributed by atoms with Crippen molar-refractivity contribution in [1.82, 2.24) is 4.98 Å². The number of halogens is 3. The number of aromatic nitrogens is 1. The Morgan fingerprint density at radius 2 is 1.90 bits per heavy atom. The molecular formula is C13H15F3N2O3. The molecule has 2 unspecified atom stereocenters. The Balaban J connectivity index is 2.45. The van der Waals surface area contributed by atoms with Gasteiger partial charge in [0, 0.05) is 13.1 Å². The first-order valence-electron chi connectivity index (χ1n) is 6.40. The first kappa shape index (κ1) is 15.6. The van der Waals surface area contributed by atoms with E-state index in [0.717, 1.165) is 6.07 Å². The molecule has 1 aliphatic heterocycles. The van der Waals surface area contributed by atoms with Crippen LogP contribution in [0, 0.1) is 0 Å². The van der Waals surface area contributed by atoms with Crippen LogP contribution in [0.3, 0.4) is 0 Å². The van der Waals surface area contributed by atoms with E-state index in [1.807, 2.05) is 0 Å². The largest absolute Gasteiger partial charge is 0.478 e. The van der Waals surface area contributed by atoms with Gasteiger partial charge in [0.05, 0.1) is 12.2 Å². The Bertz CT molecular complexity index is 538. The molecule has 1 saturated heterocycles. The smallest absolute Gasteiger partial charge is 0.433 e. The molecule has 2 rings (SSSR count). The summed E-state index contributed by atoms with van der Waals surface area (Å²) in [5.41, 5.74) is -1.35. The predicted octanol–water partition coefficient (Wildman–Crippen LogP) is 2.41. The molecule has 1 aromatic rings. The van der Waals surface area contributed by atoms with Gasteiger partial charge >= 0.3 is 12.1 Å². The molecule has 5 nitrogen and oxygen atoms in total. The van der Waals surface area contributed by atoms with Crippen LogP contribution in [0.25, 0.3) is 0 Å². The maximum Gasteiger partial charge on any atom is 0.433 e. The van der Waals surface area contributed by atoms with E-state index in [4.69, 9.17) is 9.84 Å². The maximum atomic E-state index is 12.8. The summed E-state index contributed by atoms with van der Waals surface area (Å²) in [6, 6.07) is 1.62. The molecule has 1 N–H and O–H groups in total. The van der Waals surface area contributed by atoms with E-state index >= 15 is 0 Å². The molecule has 0 amide bonds. The maximum absolute atomic E-state index is 12.8. The zero-order chi connectivity index (χ0) is 15.8. The van der Waals surface area contributed by atoms with Crippen LogP contribution in [-0.2, 0) is 10.9 Å². The number of hydrogen-bond acceptors (Lipinski definition) is 4. The minimum absolute atomic E-state index is 0.167. The average molecular weight is 304 g/mol. The number of hydrogen-bond donors (Lipinski definition) is 1. The number of carbonyl (C=O) groups is 1. The van der Waals surface area contributed by atoms with Gasteiger partial charge in [0.25, 0.3) is 0 Å². The Labute approximate surface area is 119 Å². The highest BCUT2D eigenvalue weighted by Gasteiger charge is 2.35. The zero-order valence-corrected chi connectivity index (χ0v) is 11.5. The Hall–Kier alpha value is -1.83. The number of carboxylic acid groups (broad SMARTS) is 1. The van der Waals surface area contributed by atoms with Crippen LogP contribution in [0.2, 0.25) is 0 Å². The summed E-state index contributed by atoms with van der Waals surface area (Å²) >= 11 is 0. The van der Waals surface area contributed by atoms with Gasteiger partial charge in [-0.25, -0.2) is 9.78 Å². The van der Waals surface area contributed by atoms with E-state index in [-0.39, 0.29) is 23.6 Å². The number of carboxylic acids is 1. The van der Waals surface area contributed by atoms with Crippen molar-refractivity contribution in [3.8, 4) is 0 Å². The molecule has 0 spiro atoms. The molecule has 1 aliphatic rings. The van der Waals surface area contributed by atoms with Gasteiger partial charge in [-0.3, -0.25) is 0 Å². The Kier molecular flexibility index (Phi) is 4.08. The molecule has 1 aromatic heterocycles. The van der Waals surface area contributed by atoms with E-state index in [2.05, 4.69) is 4.98 Å². The summed E-state index contributed by atoms with van der Waals surface area (Å²) in [5.74, 6) is -1.47. The van der Waals surface area contributed by atoms with Crippen LogP contribution in [0.15, 0.2) is 12.1 Å². The SMILES string of the molecule is CC1CN(c2nc(C(F)(F)F)ccc2C(=O)O)CC(C)O1. The third-order valence-electron chi connectivity index (χ3n) is 3.12. The summed E-state index contributed by atoms with van der Waals surface area (Å²) in [4.78, 5) is 16.3. The van der Waals surface area contributed by atoms with E-state index in [0.29, 0.717) is 19.2 Å². The highest BCUT2D eigenvalue weighted by molar-refractivity contribution is 5.93. The number of ether oxygens (including phenoxy) is 1. The summed E-state index contributed by atoms with van der Waals surface area (Å²) in [6.07, 6.45) is -5.05. The van der Waals surface area contributed by atoms with Crippen LogP contribution in [0.5, 0.6) is 0 Å².